The fourth-order valence-corrected chi connectivity index (χ4v) is 3.43. The van der Waals surface area contributed by atoms with Gasteiger partial charge in [-0.1, -0.05) is 0 Å². The third-order valence-corrected chi connectivity index (χ3v) is 4.64. The van der Waals surface area contributed by atoms with E-state index < -0.39 is 11.6 Å². The van der Waals surface area contributed by atoms with Crippen LogP contribution in [0, 0.1) is 33.3 Å². The van der Waals surface area contributed by atoms with Crippen molar-refractivity contribution >= 4 is 4.57 Å². The van der Waals surface area contributed by atoms with Crippen molar-refractivity contribution in [3.05, 3.63) is 56.2 Å². The second kappa shape index (κ2) is 22.4. The molecule has 0 N–H and O–H groups in total. The summed E-state index contributed by atoms with van der Waals surface area (Å²) < 4.78 is 71.8. The zero-order chi connectivity index (χ0) is 26.4. The predicted molar refractivity (Wildman–Crippen MR) is 95.5 cm³/mol. The Labute approximate surface area is 195 Å². The van der Waals surface area contributed by atoms with Crippen LogP contribution in [0.25, 0.3) is 0 Å². The molecule has 32 heavy (non-hydrogen) atoms. The molecule has 0 aromatic heterocycles. The number of allylic oxidation sites excluding steroid dienone is 1. The van der Waals surface area contributed by atoms with Gasteiger partial charge in [0, 0.05) is 0 Å². The molecule has 0 bridgehead atoms. The second-order valence-corrected chi connectivity index (χ2v) is 5.43. The van der Waals surface area contributed by atoms with Crippen molar-refractivity contribution in [1.82, 2.24) is 0 Å². The van der Waals surface area contributed by atoms with E-state index in [4.69, 9.17) is 51.7 Å². The molecule has 0 amide bonds. The first kappa shape index (κ1) is 37.5. The van der Waals surface area contributed by atoms with Gasteiger partial charge in [0.05, 0.1) is 0 Å². The number of ether oxygens (including phenoxy) is 6. The van der Waals surface area contributed by atoms with Crippen molar-refractivity contribution in [2.75, 3.05) is 42.2 Å². The summed E-state index contributed by atoms with van der Waals surface area (Å²) in [6.07, 6.45) is 3.93. The molecule has 11 nitrogen and oxygen atoms in total. The summed E-state index contributed by atoms with van der Waals surface area (Å²) >= 11 is 2.89. The van der Waals surface area contributed by atoms with Gasteiger partial charge in [0.1, 0.15) is 0 Å². The van der Waals surface area contributed by atoms with Crippen LogP contribution in [0.3, 0.4) is 0 Å². The molecule has 0 spiro atoms. The summed E-state index contributed by atoms with van der Waals surface area (Å²) in [5.41, 5.74) is 1.40. The molecule has 174 valence electrons. The summed E-state index contributed by atoms with van der Waals surface area (Å²) in [5, 5.41) is 0. The van der Waals surface area contributed by atoms with Crippen LogP contribution in [0.15, 0.2) is 23.0 Å². The van der Waals surface area contributed by atoms with Crippen LogP contribution in [-0.4, -0.2) is 58.3 Å². The van der Waals surface area contributed by atoms with Gasteiger partial charge in [-0.2, -0.15) is 0 Å². The van der Waals surface area contributed by atoms with Crippen molar-refractivity contribution in [2.24, 2.45) is 0 Å². The maximum atomic E-state index is 7.50. The van der Waals surface area contributed by atoms with E-state index in [0.717, 1.165) is 18.4 Å². The third kappa shape index (κ3) is 7.36. The van der Waals surface area contributed by atoms with Gasteiger partial charge in [-0.3, -0.25) is 0 Å². The van der Waals surface area contributed by atoms with Crippen molar-refractivity contribution in [3.8, 4) is 0 Å². The molecule has 1 heterocycles. The SMILES string of the molecule is CO[C](=[Cr])C1=C(C2=CCCCO2)C(OC)(OC)C1(OC)OC.[C-]#[O+].[C-]#[O+].[C-]#[O+].[C-]#[O+].[C-]#[O+]. The van der Waals surface area contributed by atoms with Crippen LogP contribution >= 0.6 is 0 Å². The fraction of sp³-hybridized carbons (Fsp3) is 0.500. The van der Waals surface area contributed by atoms with E-state index in [9.17, 15) is 0 Å². The van der Waals surface area contributed by atoms with Gasteiger partial charge in [0.25, 0.3) is 0 Å². The molecule has 0 radical (unpaired) electrons. The predicted octanol–water partition coefficient (Wildman–Crippen LogP) is 1.10. The summed E-state index contributed by atoms with van der Waals surface area (Å²) in [4.78, 5) is 0. The van der Waals surface area contributed by atoms with E-state index in [0.29, 0.717) is 22.5 Å². The molecule has 2 aliphatic rings. The van der Waals surface area contributed by atoms with Gasteiger partial charge in [0.2, 0.25) is 0 Å². The van der Waals surface area contributed by atoms with E-state index in [1.807, 2.05) is 6.08 Å². The Bertz CT molecular complexity index is 670. The standard InChI is InChI=1S/C15H22O6.5CO.Cr/c1-16-10-11-13(12-8-6-7-9-21-12)15(19-4,20-5)14(11,17-2)18-3;5*1-2;/h8H,6-7,9H2,1-5H3;;;;;;. The average Bonchev–Trinajstić information content (AvgIpc) is 2.91. The van der Waals surface area contributed by atoms with Crippen molar-refractivity contribution in [3.63, 3.8) is 0 Å². The molecular formula is C20H22CrO11. The first-order valence-corrected chi connectivity index (χ1v) is 8.61. The molecular weight excluding hydrogens is 468 g/mol. The number of hydrogen-bond donors (Lipinski definition) is 0. The molecule has 1 aliphatic heterocycles. The van der Waals surface area contributed by atoms with E-state index >= 15 is 0 Å². The van der Waals surface area contributed by atoms with Crippen LogP contribution in [0.4, 0.5) is 0 Å². The summed E-state index contributed by atoms with van der Waals surface area (Å²) in [6.45, 7) is 23.1. The third-order valence-electron chi connectivity index (χ3n) is 4.06. The minimum absolute atomic E-state index is 0.540. The van der Waals surface area contributed by atoms with E-state index in [1.54, 1.807) is 21.3 Å². The Hall–Kier alpha value is -1.82. The van der Waals surface area contributed by atoms with Crippen molar-refractivity contribution in [1.29, 1.82) is 0 Å². The van der Waals surface area contributed by atoms with E-state index in [2.05, 4.69) is 49.1 Å². The van der Waals surface area contributed by atoms with Crippen LogP contribution in [0.2, 0.25) is 0 Å². The van der Waals surface area contributed by atoms with Gasteiger partial charge in [-0.25, -0.2) is 0 Å². The minimum atomic E-state index is -1.25. The first-order chi connectivity index (χ1) is 15.6. The normalized spacial score (nSPS) is 15.9. The Morgan fingerprint density at radius 3 is 1.50 bits per heavy atom. The Morgan fingerprint density at radius 2 is 1.22 bits per heavy atom. The molecule has 0 aromatic carbocycles. The molecule has 12 heteroatoms. The summed E-state index contributed by atoms with van der Waals surface area (Å²) in [7, 11) is 7.73. The molecule has 0 aromatic rings. The molecule has 0 saturated heterocycles. The quantitative estimate of drug-likeness (QED) is 0.296. The summed E-state index contributed by atoms with van der Waals surface area (Å²) in [5.74, 6) is -1.77. The van der Waals surface area contributed by atoms with Crippen LogP contribution in [-0.2, 0) is 67.5 Å². The second-order valence-electron chi connectivity index (χ2n) is 4.85. The zero-order valence-corrected chi connectivity index (χ0v) is 19.4. The molecule has 0 saturated carbocycles. The fourth-order valence-electron chi connectivity index (χ4n) is 3.06. The van der Waals surface area contributed by atoms with Crippen LogP contribution < -0.4 is 0 Å². The molecule has 1 aliphatic carbocycles. The van der Waals surface area contributed by atoms with Crippen molar-refractivity contribution < 1.29 is 67.5 Å². The summed E-state index contributed by atoms with van der Waals surface area (Å²) in [6, 6.07) is 0. The molecule has 0 unspecified atom stereocenters. The maximum absolute atomic E-state index is 7.50. The average molecular weight is 490 g/mol. The van der Waals surface area contributed by atoms with Gasteiger partial charge in [-0.15, -0.1) is 0 Å². The molecule has 0 fully saturated rings. The van der Waals surface area contributed by atoms with Gasteiger partial charge in [0.15, 0.2) is 0 Å². The van der Waals surface area contributed by atoms with E-state index in [1.165, 1.54) is 14.2 Å². The van der Waals surface area contributed by atoms with Gasteiger partial charge >= 0.3 is 195 Å². The Kier molecular flexibility index (Phi) is 26.2. The number of hydrogen-bond acceptors (Lipinski definition) is 6. The van der Waals surface area contributed by atoms with Gasteiger partial charge < -0.3 is 0 Å². The van der Waals surface area contributed by atoms with Crippen molar-refractivity contribution in [2.45, 2.75) is 24.4 Å². The van der Waals surface area contributed by atoms with E-state index in [-0.39, 0.29) is 0 Å². The van der Waals surface area contributed by atoms with Crippen LogP contribution in [0.5, 0.6) is 0 Å². The Morgan fingerprint density at radius 1 is 0.812 bits per heavy atom. The zero-order valence-electron chi connectivity index (χ0n) is 18.1. The van der Waals surface area contributed by atoms with Gasteiger partial charge in [-0.05, 0) is 0 Å². The first-order valence-electron chi connectivity index (χ1n) is 7.98. The monoisotopic (exact) mass is 490 g/mol. The molecule has 0 atom stereocenters. The Balaban J connectivity index is -0.000000345. The van der Waals surface area contributed by atoms with Crippen LogP contribution in [0.1, 0.15) is 12.8 Å². The number of rotatable bonds is 7. The number of methoxy groups -OCH3 is 5. The topological polar surface area (TPSA) is 155 Å². The molecule has 2 rings (SSSR count).